The Morgan fingerprint density at radius 3 is 2.42 bits per heavy atom. The number of rotatable bonds is 6. The average Bonchev–Trinajstić information content (AvgIpc) is 3.37. The van der Waals surface area contributed by atoms with Crippen molar-refractivity contribution in [2.24, 2.45) is 4.99 Å². The molecule has 2 fully saturated rings. The van der Waals surface area contributed by atoms with Gasteiger partial charge in [0, 0.05) is 31.6 Å². The summed E-state index contributed by atoms with van der Waals surface area (Å²) >= 11 is 0. The van der Waals surface area contributed by atoms with Crippen LogP contribution in [0.1, 0.15) is 51.0 Å². The molecule has 26 heavy (non-hydrogen) atoms. The number of nitrogens with zero attached hydrogens (tertiary/aromatic N) is 2. The van der Waals surface area contributed by atoms with Gasteiger partial charge < -0.3 is 15.5 Å². The molecule has 0 aromatic heterocycles. The number of guanidine groups is 1. The van der Waals surface area contributed by atoms with Crippen molar-refractivity contribution >= 4 is 11.9 Å². The summed E-state index contributed by atoms with van der Waals surface area (Å²) in [6.07, 6.45) is 7.20. The van der Waals surface area contributed by atoms with Crippen LogP contribution in [0, 0.1) is 0 Å². The lowest BCUT2D eigenvalue weighted by Gasteiger charge is -2.31. The molecular weight excluding hydrogens is 324 g/mol. The van der Waals surface area contributed by atoms with Crippen LogP contribution in [-0.4, -0.2) is 49.5 Å². The lowest BCUT2D eigenvalue weighted by molar-refractivity contribution is -0.128. The van der Waals surface area contributed by atoms with Crippen LogP contribution in [0.4, 0.5) is 0 Å². The van der Waals surface area contributed by atoms with Gasteiger partial charge in [0.15, 0.2) is 5.96 Å². The predicted molar refractivity (Wildman–Crippen MR) is 106 cm³/mol. The highest BCUT2D eigenvalue weighted by Gasteiger charge is 2.35. The van der Waals surface area contributed by atoms with Gasteiger partial charge >= 0.3 is 0 Å². The molecule has 0 bridgehead atoms. The van der Waals surface area contributed by atoms with E-state index in [-0.39, 0.29) is 17.9 Å². The fourth-order valence-electron chi connectivity index (χ4n) is 4.22. The fourth-order valence-corrected chi connectivity index (χ4v) is 4.22. The van der Waals surface area contributed by atoms with Crippen molar-refractivity contribution in [2.45, 2.75) is 50.9 Å². The maximum Gasteiger partial charge on any atom is 0.244 e. The van der Waals surface area contributed by atoms with Crippen LogP contribution >= 0.6 is 0 Å². The van der Waals surface area contributed by atoms with Crippen LogP contribution in [0.15, 0.2) is 35.3 Å². The van der Waals surface area contributed by atoms with Crippen molar-refractivity contribution in [3.8, 4) is 0 Å². The number of aliphatic imine (C=N–C) groups is 1. The molecule has 0 unspecified atom stereocenters. The van der Waals surface area contributed by atoms with E-state index in [1.54, 1.807) is 0 Å². The van der Waals surface area contributed by atoms with Gasteiger partial charge in [-0.15, -0.1) is 0 Å². The van der Waals surface area contributed by atoms with Gasteiger partial charge in [-0.2, -0.15) is 0 Å². The predicted octanol–water partition coefficient (Wildman–Crippen LogP) is 2.68. The molecule has 142 valence electrons. The van der Waals surface area contributed by atoms with Crippen LogP contribution in [-0.2, 0) is 10.2 Å². The minimum Gasteiger partial charge on any atom is -0.357 e. The first-order chi connectivity index (χ1) is 12.7. The molecule has 5 nitrogen and oxygen atoms in total. The van der Waals surface area contributed by atoms with Crippen molar-refractivity contribution in [3.63, 3.8) is 0 Å². The summed E-state index contributed by atoms with van der Waals surface area (Å²) in [7, 11) is 0. The van der Waals surface area contributed by atoms with Crippen molar-refractivity contribution in [1.82, 2.24) is 15.5 Å². The second kappa shape index (κ2) is 9.06. The largest absolute Gasteiger partial charge is 0.357 e. The fraction of sp³-hybridized carbons (Fsp3) is 0.619. The minimum absolute atomic E-state index is 0.137. The summed E-state index contributed by atoms with van der Waals surface area (Å²) in [5.74, 6) is 0.889. The maximum absolute atomic E-state index is 12.3. The third kappa shape index (κ3) is 4.57. The number of benzene rings is 1. The quantitative estimate of drug-likeness (QED) is 0.609. The molecule has 1 saturated heterocycles. The van der Waals surface area contributed by atoms with Gasteiger partial charge in [-0.3, -0.25) is 4.79 Å². The topological polar surface area (TPSA) is 56.7 Å². The number of carbonyl (C=O) groups excluding carboxylic acids is 1. The van der Waals surface area contributed by atoms with Crippen molar-refractivity contribution in [2.75, 3.05) is 32.7 Å². The van der Waals surface area contributed by atoms with E-state index in [0.29, 0.717) is 0 Å². The van der Waals surface area contributed by atoms with E-state index < -0.39 is 0 Å². The third-order valence-corrected chi connectivity index (χ3v) is 5.72. The number of likely N-dealkylation sites (tertiary alicyclic amines) is 1. The number of nitrogens with one attached hydrogen (secondary N) is 2. The van der Waals surface area contributed by atoms with Gasteiger partial charge in [0.2, 0.25) is 5.91 Å². The molecule has 1 amide bonds. The number of carbonyl (C=O) groups is 1. The number of amides is 1. The van der Waals surface area contributed by atoms with E-state index >= 15 is 0 Å². The molecule has 0 radical (unpaired) electrons. The van der Waals surface area contributed by atoms with E-state index in [4.69, 9.17) is 0 Å². The highest BCUT2D eigenvalue weighted by Crippen LogP contribution is 2.40. The zero-order chi connectivity index (χ0) is 18.2. The Morgan fingerprint density at radius 1 is 1.08 bits per heavy atom. The Balaban J connectivity index is 1.63. The standard InChI is InChI=1S/C21H32N4O/c1-2-22-20(23-16-19(26)25-14-8-9-15-25)24-17-21(12-6-7-13-21)18-10-4-3-5-11-18/h3-5,10-11H,2,6-9,12-17H2,1H3,(H2,22,23,24). The molecule has 3 rings (SSSR count). The molecule has 1 aliphatic carbocycles. The summed E-state index contributed by atoms with van der Waals surface area (Å²) in [5, 5.41) is 6.81. The van der Waals surface area contributed by atoms with Crippen LogP contribution in [0.3, 0.4) is 0 Å². The molecule has 1 saturated carbocycles. The van der Waals surface area contributed by atoms with E-state index in [1.807, 2.05) is 4.90 Å². The lowest BCUT2D eigenvalue weighted by Crippen LogP contribution is -2.45. The molecule has 1 heterocycles. The summed E-state index contributed by atoms with van der Waals surface area (Å²) < 4.78 is 0. The second-order valence-electron chi connectivity index (χ2n) is 7.49. The van der Waals surface area contributed by atoms with Crippen LogP contribution in [0.25, 0.3) is 0 Å². The third-order valence-electron chi connectivity index (χ3n) is 5.72. The van der Waals surface area contributed by atoms with Gasteiger partial charge in [-0.25, -0.2) is 4.99 Å². The van der Waals surface area contributed by atoms with Gasteiger partial charge in [0.05, 0.1) is 0 Å². The zero-order valence-electron chi connectivity index (χ0n) is 16.0. The van der Waals surface area contributed by atoms with Crippen molar-refractivity contribution in [1.29, 1.82) is 0 Å². The van der Waals surface area contributed by atoms with E-state index in [0.717, 1.165) is 45.0 Å². The summed E-state index contributed by atoms with van der Waals surface area (Å²) in [5.41, 5.74) is 1.59. The monoisotopic (exact) mass is 356 g/mol. The van der Waals surface area contributed by atoms with Crippen LogP contribution in [0.2, 0.25) is 0 Å². The Labute approximate surface area is 157 Å². The molecular formula is C21H32N4O. The lowest BCUT2D eigenvalue weighted by atomic mass is 9.79. The first-order valence-electron chi connectivity index (χ1n) is 10.1. The van der Waals surface area contributed by atoms with Crippen molar-refractivity contribution < 1.29 is 4.79 Å². The highest BCUT2D eigenvalue weighted by atomic mass is 16.2. The van der Waals surface area contributed by atoms with Crippen molar-refractivity contribution in [3.05, 3.63) is 35.9 Å². The molecule has 0 spiro atoms. The Bertz CT molecular complexity index is 602. The van der Waals surface area contributed by atoms with Gasteiger partial charge in [-0.1, -0.05) is 43.2 Å². The molecule has 2 aliphatic rings. The molecule has 1 aromatic rings. The summed E-state index contributed by atoms with van der Waals surface area (Å²) in [6.45, 7) is 5.71. The van der Waals surface area contributed by atoms with E-state index in [2.05, 4.69) is 52.9 Å². The summed E-state index contributed by atoms with van der Waals surface area (Å²) in [6, 6.07) is 10.8. The van der Waals surface area contributed by atoms with Gasteiger partial charge in [-0.05, 0) is 38.2 Å². The van der Waals surface area contributed by atoms with Crippen LogP contribution < -0.4 is 10.6 Å². The second-order valence-corrected chi connectivity index (χ2v) is 7.49. The number of hydrogen-bond acceptors (Lipinski definition) is 2. The average molecular weight is 357 g/mol. The molecule has 1 aliphatic heterocycles. The molecule has 0 atom stereocenters. The molecule has 5 heteroatoms. The first kappa shape index (κ1) is 18.7. The SMILES string of the molecule is CCNC(=NCC(=O)N1CCCC1)NCC1(c2ccccc2)CCCC1. The first-order valence-corrected chi connectivity index (χ1v) is 10.1. The Hall–Kier alpha value is -2.04. The Kier molecular flexibility index (Phi) is 6.53. The highest BCUT2D eigenvalue weighted by molar-refractivity contribution is 5.85. The van der Waals surface area contributed by atoms with Crippen LogP contribution in [0.5, 0.6) is 0 Å². The zero-order valence-corrected chi connectivity index (χ0v) is 16.0. The maximum atomic E-state index is 12.3. The Morgan fingerprint density at radius 2 is 1.77 bits per heavy atom. The summed E-state index contributed by atoms with van der Waals surface area (Å²) in [4.78, 5) is 18.7. The minimum atomic E-state index is 0.137. The number of hydrogen-bond donors (Lipinski definition) is 2. The van der Waals surface area contributed by atoms with Gasteiger partial charge in [0.1, 0.15) is 6.54 Å². The smallest absolute Gasteiger partial charge is 0.244 e. The molecule has 1 aromatic carbocycles. The van der Waals surface area contributed by atoms with Gasteiger partial charge in [0.25, 0.3) is 0 Å². The van der Waals surface area contributed by atoms with E-state index in [9.17, 15) is 4.79 Å². The normalized spacial score (nSPS) is 19.6. The van der Waals surface area contributed by atoms with E-state index in [1.165, 1.54) is 31.2 Å². The molecule has 2 N–H and O–H groups in total.